The number of benzene rings is 2. The Kier molecular flexibility index (Phi) is 4.68. The van der Waals surface area contributed by atoms with E-state index < -0.39 is 5.91 Å². The number of aromatic amines is 1. The van der Waals surface area contributed by atoms with Crippen LogP contribution in [0.1, 0.15) is 5.56 Å². The first-order chi connectivity index (χ1) is 12.1. The Balaban J connectivity index is 1.73. The summed E-state index contributed by atoms with van der Waals surface area (Å²) >= 11 is 6.04. The van der Waals surface area contributed by atoms with Crippen molar-refractivity contribution >= 4 is 39.8 Å². The molecular formula is C18H14ClN5O. The van der Waals surface area contributed by atoms with Gasteiger partial charge in [0.25, 0.3) is 5.91 Å². The maximum absolute atomic E-state index is 12.2. The van der Waals surface area contributed by atoms with Crippen LogP contribution in [0.3, 0.4) is 0 Å². The Labute approximate surface area is 149 Å². The molecular weight excluding hydrogens is 338 g/mol. The lowest BCUT2D eigenvalue weighted by atomic mass is 10.2. The monoisotopic (exact) mass is 351 g/mol. The molecule has 1 aromatic heterocycles. The summed E-state index contributed by atoms with van der Waals surface area (Å²) in [6.45, 7) is 1.87. The molecule has 1 heterocycles. The average Bonchev–Trinajstić information content (AvgIpc) is 3.06. The van der Waals surface area contributed by atoms with Crippen LogP contribution in [-0.2, 0) is 4.79 Å². The van der Waals surface area contributed by atoms with E-state index in [1.54, 1.807) is 24.4 Å². The van der Waals surface area contributed by atoms with Gasteiger partial charge < -0.3 is 10.6 Å². The summed E-state index contributed by atoms with van der Waals surface area (Å²) < 4.78 is 0. The van der Waals surface area contributed by atoms with Gasteiger partial charge in [-0.25, -0.2) is 0 Å². The molecule has 0 fully saturated rings. The number of aromatic nitrogens is 2. The van der Waals surface area contributed by atoms with E-state index in [2.05, 4.69) is 20.8 Å². The predicted molar refractivity (Wildman–Crippen MR) is 98.2 cm³/mol. The van der Waals surface area contributed by atoms with E-state index >= 15 is 0 Å². The van der Waals surface area contributed by atoms with Gasteiger partial charge in [0, 0.05) is 28.0 Å². The number of carbonyl (C=O) groups excluding carboxylic acids is 1. The Hall–Kier alpha value is -3.30. The topological polar surface area (TPSA) is 93.6 Å². The second-order valence-electron chi connectivity index (χ2n) is 5.40. The van der Waals surface area contributed by atoms with Gasteiger partial charge in [-0.2, -0.15) is 10.4 Å². The van der Waals surface area contributed by atoms with Crippen LogP contribution in [0.15, 0.2) is 54.4 Å². The lowest BCUT2D eigenvalue weighted by Gasteiger charge is -2.07. The Morgan fingerprint density at radius 1 is 1.28 bits per heavy atom. The van der Waals surface area contributed by atoms with Gasteiger partial charge in [0.05, 0.1) is 11.7 Å². The summed E-state index contributed by atoms with van der Waals surface area (Å²) in [5.41, 5.74) is 2.97. The SMILES string of the molecule is Cc1ccc(NC(=O)/C(C#N)=C\Nc2ccc3cn[nH]c3c2)cc1Cl. The molecule has 0 aliphatic heterocycles. The standard InChI is InChI=1S/C18H14ClN5O/c1-11-2-4-15(6-16(11)19)23-18(25)13(8-20)9-21-14-5-3-12-10-22-24-17(12)7-14/h2-7,9-10,21H,1H3,(H,22,24)(H,23,25)/b13-9-. The van der Waals surface area contributed by atoms with Crippen molar-refractivity contribution in [3.05, 3.63) is 65.0 Å². The highest BCUT2D eigenvalue weighted by Crippen LogP contribution is 2.20. The molecule has 0 saturated heterocycles. The molecule has 0 aliphatic carbocycles. The van der Waals surface area contributed by atoms with E-state index in [0.29, 0.717) is 10.7 Å². The molecule has 1 amide bonds. The number of hydrogen-bond acceptors (Lipinski definition) is 4. The van der Waals surface area contributed by atoms with E-state index in [1.165, 1.54) is 6.20 Å². The van der Waals surface area contributed by atoms with Crippen molar-refractivity contribution in [2.45, 2.75) is 6.92 Å². The van der Waals surface area contributed by atoms with E-state index in [0.717, 1.165) is 22.2 Å². The summed E-state index contributed by atoms with van der Waals surface area (Å²) in [6.07, 6.45) is 3.08. The van der Waals surface area contributed by atoms with Crippen LogP contribution in [0.2, 0.25) is 5.02 Å². The van der Waals surface area contributed by atoms with Crippen LogP contribution < -0.4 is 10.6 Å². The molecule has 0 bridgehead atoms. The number of anilines is 2. The van der Waals surface area contributed by atoms with Gasteiger partial charge in [-0.3, -0.25) is 9.89 Å². The minimum Gasteiger partial charge on any atom is -0.360 e. The molecule has 2 aromatic carbocycles. The molecule has 0 atom stereocenters. The number of amides is 1. The van der Waals surface area contributed by atoms with Gasteiger partial charge in [0.15, 0.2) is 0 Å². The van der Waals surface area contributed by atoms with Crippen molar-refractivity contribution in [1.29, 1.82) is 5.26 Å². The highest BCUT2D eigenvalue weighted by atomic mass is 35.5. The molecule has 0 spiro atoms. The summed E-state index contributed by atoms with van der Waals surface area (Å²) in [6, 6.07) is 12.6. The number of nitrogens with zero attached hydrogens (tertiary/aromatic N) is 2. The zero-order valence-electron chi connectivity index (χ0n) is 13.3. The predicted octanol–water partition coefficient (Wildman–Crippen LogP) is 3.98. The normalized spacial score (nSPS) is 11.2. The maximum Gasteiger partial charge on any atom is 0.267 e. The smallest absolute Gasteiger partial charge is 0.267 e. The van der Waals surface area contributed by atoms with Gasteiger partial charge >= 0.3 is 0 Å². The lowest BCUT2D eigenvalue weighted by Crippen LogP contribution is -2.14. The minimum absolute atomic E-state index is 0.0543. The molecule has 7 heteroatoms. The highest BCUT2D eigenvalue weighted by Gasteiger charge is 2.10. The summed E-state index contributed by atoms with van der Waals surface area (Å²) in [7, 11) is 0. The summed E-state index contributed by atoms with van der Waals surface area (Å²) in [5, 5.41) is 23.2. The van der Waals surface area contributed by atoms with Crippen molar-refractivity contribution < 1.29 is 4.79 Å². The second kappa shape index (κ2) is 7.07. The fraction of sp³-hybridized carbons (Fsp3) is 0.0556. The summed E-state index contributed by atoms with van der Waals surface area (Å²) in [4.78, 5) is 12.2. The fourth-order valence-corrected chi connectivity index (χ4v) is 2.38. The molecule has 3 N–H and O–H groups in total. The second-order valence-corrected chi connectivity index (χ2v) is 5.81. The van der Waals surface area contributed by atoms with Crippen LogP contribution in [0, 0.1) is 18.3 Å². The molecule has 124 valence electrons. The number of nitrogens with one attached hydrogen (secondary N) is 3. The van der Waals surface area contributed by atoms with E-state index in [9.17, 15) is 10.1 Å². The van der Waals surface area contributed by atoms with Crippen LogP contribution in [0.4, 0.5) is 11.4 Å². The molecule has 3 aromatic rings. The van der Waals surface area contributed by atoms with Gasteiger partial charge in [0.1, 0.15) is 11.6 Å². The van der Waals surface area contributed by atoms with Crippen LogP contribution >= 0.6 is 11.6 Å². The number of nitriles is 1. The molecule has 0 radical (unpaired) electrons. The Morgan fingerprint density at radius 3 is 2.84 bits per heavy atom. The Bertz CT molecular complexity index is 1020. The van der Waals surface area contributed by atoms with Crippen LogP contribution in [0.25, 0.3) is 10.9 Å². The van der Waals surface area contributed by atoms with E-state index in [4.69, 9.17) is 11.6 Å². The van der Waals surface area contributed by atoms with Crippen molar-refractivity contribution in [3.63, 3.8) is 0 Å². The number of fused-ring (bicyclic) bond motifs is 1. The lowest BCUT2D eigenvalue weighted by molar-refractivity contribution is -0.112. The van der Waals surface area contributed by atoms with Crippen molar-refractivity contribution in [2.24, 2.45) is 0 Å². The highest BCUT2D eigenvalue weighted by molar-refractivity contribution is 6.31. The van der Waals surface area contributed by atoms with E-state index in [-0.39, 0.29) is 5.57 Å². The number of aryl methyl sites for hydroxylation is 1. The van der Waals surface area contributed by atoms with Gasteiger partial charge in [0.2, 0.25) is 0 Å². The van der Waals surface area contributed by atoms with Gasteiger partial charge in [-0.05, 0) is 42.8 Å². The maximum atomic E-state index is 12.2. The fourth-order valence-electron chi connectivity index (χ4n) is 2.20. The largest absolute Gasteiger partial charge is 0.360 e. The van der Waals surface area contributed by atoms with Gasteiger partial charge in [-0.15, -0.1) is 0 Å². The minimum atomic E-state index is -0.516. The molecule has 0 saturated carbocycles. The van der Waals surface area contributed by atoms with Crippen molar-refractivity contribution in [2.75, 3.05) is 10.6 Å². The van der Waals surface area contributed by atoms with Gasteiger partial charge in [-0.1, -0.05) is 17.7 Å². The number of halogens is 1. The number of carbonyl (C=O) groups is 1. The third kappa shape index (κ3) is 3.79. The quantitative estimate of drug-likeness (QED) is 0.489. The van der Waals surface area contributed by atoms with Crippen molar-refractivity contribution in [1.82, 2.24) is 10.2 Å². The molecule has 0 unspecified atom stereocenters. The van der Waals surface area contributed by atoms with Crippen LogP contribution in [-0.4, -0.2) is 16.1 Å². The number of H-pyrrole nitrogens is 1. The number of rotatable bonds is 4. The molecule has 25 heavy (non-hydrogen) atoms. The van der Waals surface area contributed by atoms with Crippen LogP contribution in [0.5, 0.6) is 0 Å². The van der Waals surface area contributed by atoms with Crippen molar-refractivity contribution in [3.8, 4) is 6.07 Å². The Morgan fingerprint density at radius 2 is 2.08 bits per heavy atom. The molecule has 6 nitrogen and oxygen atoms in total. The zero-order valence-corrected chi connectivity index (χ0v) is 14.1. The first-order valence-electron chi connectivity index (χ1n) is 7.44. The molecule has 3 rings (SSSR count). The third-order valence-corrected chi connectivity index (χ3v) is 4.03. The third-order valence-electron chi connectivity index (χ3n) is 3.62. The number of hydrogen-bond donors (Lipinski definition) is 3. The first kappa shape index (κ1) is 16.6. The summed E-state index contributed by atoms with van der Waals surface area (Å²) in [5.74, 6) is -0.516. The molecule has 0 aliphatic rings. The first-order valence-corrected chi connectivity index (χ1v) is 7.82. The average molecular weight is 352 g/mol. The van der Waals surface area contributed by atoms with E-state index in [1.807, 2.05) is 31.2 Å². The zero-order chi connectivity index (χ0) is 17.8.